The molecule has 0 aromatic carbocycles. The van der Waals surface area contributed by atoms with Crippen LogP contribution in [0.25, 0.3) is 5.65 Å². The molecule has 3 rings (SSSR count). The van der Waals surface area contributed by atoms with Gasteiger partial charge in [0.15, 0.2) is 5.65 Å². The zero-order chi connectivity index (χ0) is 16.4. The molecule has 1 saturated heterocycles. The number of hydrogen-bond donors (Lipinski definition) is 0. The number of hydrogen-bond acceptors (Lipinski definition) is 4. The van der Waals surface area contributed by atoms with Crippen LogP contribution in [0.15, 0.2) is 18.5 Å². The highest BCUT2D eigenvalue weighted by molar-refractivity contribution is 6.01. The number of carbonyl (C=O) groups excluding carboxylic acids is 1. The highest BCUT2D eigenvalue weighted by atomic mass is 16.5. The largest absolute Gasteiger partial charge is 0.378 e. The van der Waals surface area contributed by atoms with Gasteiger partial charge in [-0.1, -0.05) is 13.8 Å². The summed E-state index contributed by atoms with van der Waals surface area (Å²) in [4.78, 5) is 19.1. The Balaban J connectivity index is 1.68. The summed E-state index contributed by atoms with van der Waals surface area (Å²) in [6, 6.07) is 1.81. The first kappa shape index (κ1) is 15.9. The predicted octanol–water partition coefficient (Wildman–Crippen LogP) is 2.31. The van der Waals surface area contributed by atoms with Crippen molar-refractivity contribution in [3.05, 3.63) is 29.7 Å². The normalized spacial score (nSPS) is 16.4. The average molecular weight is 316 g/mol. The van der Waals surface area contributed by atoms with Gasteiger partial charge in [-0.3, -0.25) is 4.79 Å². The predicted molar refractivity (Wildman–Crippen MR) is 87.4 cm³/mol. The molecule has 0 atom stereocenters. The molecule has 1 fully saturated rings. The van der Waals surface area contributed by atoms with Crippen molar-refractivity contribution in [1.29, 1.82) is 0 Å². The van der Waals surface area contributed by atoms with Crippen LogP contribution in [-0.2, 0) is 4.74 Å². The summed E-state index contributed by atoms with van der Waals surface area (Å²) in [6.45, 7) is 8.41. The zero-order valence-electron chi connectivity index (χ0n) is 14.0. The third-order valence-corrected chi connectivity index (χ3v) is 4.18. The topological polar surface area (TPSA) is 59.7 Å². The first-order valence-electron chi connectivity index (χ1n) is 8.27. The maximum Gasteiger partial charge on any atom is 0.259 e. The molecule has 6 heteroatoms. The van der Waals surface area contributed by atoms with Crippen molar-refractivity contribution >= 4 is 11.6 Å². The summed E-state index contributed by atoms with van der Waals surface area (Å²) in [7, 11) is 0. The summed E-state index contributed by atoms with van der Waals surface area (Å²) in [5, 5.41) is 4.37. The van der Waals surface area contributed by atoms with Gasteiger partial charge in [0.25, 0.3) is 5.91 Å². The zero-order valence-corrected chi connectivity index (χ0v) is 14.0. The summed E-state index contributed by atoms with van der Waals surface area (Å²) in [5.74, 6) is 0.570. The standard InChI is InChI=1S/C17H24N4O2/c1-12(2)11-23-14-5-9-20(10-6-14)17(22)15-13(3)19-21-8-4-7-18-16(15)21/h4,7-8,12,14H,5-6,9-11H2,1-3H3. The number of carbonyl (C=O) groups is 1. The van der Waals surface area contributed by atoms with Crippen LogP contribution in [-0.4, -0.2) is 51.2 Å². The number of aromatic nitrogens is 3. The van der Waals surface area contributed by atoms with Crippen LogP contribution in [0.4, 0.5) is 0 Å². The minimum absolute atomic E-state index is 0.0264. The first-order chi connectivity index (χ1) is 11.1. The van der Waals surface area contributed by atoms with Gasteiger partial charge in [0.1, 0.15) is 5.56 Å². The van der Waals surface area contributed by atoms with Crippen molar-refractivity contribution in [2.75, 3.05) is 19.7 Å². The first-order valence-corrected chi connectivity index (χ1v) is 8.27. The van der Waals surface area contributed by atoms with E-state index < -0.39 is 0 Å². The Morgan fingerprint density at radius 1 is 1.39 bits per heavy atom. The number of fused-ring (bicyclic) bond motifs is 1. The lowest BCUT2D eigenvalue weighted by Crippen LogP contribution is -2.41. The number of piperidine rings is 1. The van der Waals surface area contributed by atoms with Crippen molar-refractivity contribution in [2.45, 2.75) is 39.7 Å². The van der Waals surface area contributed by atoms with Gasteiger partial charge in [0.05, 0.1) is 11.8 Å². The molecule has 1 aliphatic heterocycles. The van der Waals surface area contributed by atoms with Crippen LogP contribution in [0.5, 0.6) is 0 Å². The molecule has 2 aromatic rings. The fourth-order valence-corrected chi connectivity index (χ4v) is 2.96. The van der Waals surface area contributed by atoms with E-state index in [-0.39, 0.29) is 12.0 Å². The lowest BCUT2D eigenvalue weighted by Gasteiger charge is -2.32. The minimum Gasteiger partial charge on any atom is -0.378 e. The molecule has 0 radical (unpaired) electrons. The van der Waals surface area contributed by atoms with E-state index >= 15 is 0 Å². The van der Waals surface area contributed by atoms with Gasteiger partial charge < -0.3 is 9.64 Å². The van der Waals surface area contributed by atoms with Crippen LogP contribution < -0.4 is 0 Å². The second-order valence-corrected chi connectivity index (χ2v) is 6.57. The van der Waals surface area contributed by atoms with Crippen molar-refractivity contribution in [2.24, 2.45) is 5.92 Å². The quantitative estimate of drug-likeness (QED) is 0.868. The summed E-state index contributed by atoms with van der Waals surface area (Å²) in [6.07, 6.45) is 5.57. The molecule has 0 spiro atoms. The molecule has 124 valence electrons. The fraction of sp³-hybridized carbons (Fsp3) is 0.588. The Morgan fingerprint density at radius 2 is 2.13 bits per heavy atom. The maximum atomic E-state index is 12.9. The average Bonchev–Trinajstić information content (AvgIpc) is 2.88. The molecule has 0 bridgehead atoms. The Labute approximate surface area is 136 Å². The number of ether oxygens (including phenoxy) is 1. The van der Waals surface area contributed by atoms with Gasteiger partial charge in [0, 0.05) is 32.1 Å². The van der Waals surface area contributed by atoms with Gasteiger partial charge in [-0.15, -0.1) is 0 Å². The van der Waals surface area contributed by atoms with Crippen LogP contribution in [0.3, 0.4) is 0 Å². The maximum absolute atomic E-state index is 12.9. The van der Waals surface area contributed by atoms with Gasteiger partial charge in [-0.25, -0.2) is 9.50 Å². The van der Waals surface area contributed by atoms with E-state index in [1.807, 2.05) is 24.1 Å². The van der Waals surface area contributed by atoms with E-state index in [1.165, 1.54) is 0 Å². The molecule has 0 N–H and O–H groups in total. The van der Waals surface area contributed by atoms with Crippen LogP contribution in [0.2, 0.25) is 0 Å². The monoisotopic (exact) mass is 316 g/mol. The molecule has 2 aromatic heterocycles. The van der Waals surface area contributed by atoms with Gasteiger partial charge >= 0.3 is 0 Å². The second kappa shape index (κ2) is 6.66. The van der Waals surface area contributed by atoms with E-state index in [4.69, 9.17) is 4.74 Å². The Bertz CT molecular complexity index is 687. The Morgan fingerprint density at radius 3 is 2.83 bits per heavy atom. The highest BCUT2D eigenvalue weighted by Gasteiger charge is 2.28. The minimum atomic E-state index is 0.0264. The summed E-state index contributed by atoms with van der Waals surface area (Å²) < 4.78 is 7.56. The van der Waals surface area contributed by atoms with Crippen LogP contribution in [0, 0.1) is 12.8 Å². The molecular formula is C17H24N4O2. The van der Waals surface area contributed by atoms with E-state index in [9.17, 15) is 4.79 Å². The molecule has 1 amide bonds. The SMILES string of the molecule is Cc1nn2cccnc2c1C(=O)N1CCC(OCC(C)C)CC1. The lowest BCUT2D eigenvalue weighted by molar-refractivity contribution is -0.00228. The molecule has 0 aliphatic carbocycles. The van der Waals surface area contributed by atoms with Crippen molar-refractivity contribution < 1.29 is 9.53 Å². The molecule has 6 nitrogen and oxygen atoms in total. The summed E-state index contributed by atoms with van der Waals surface area (Å²) in [5.41, 5.74) is 1.98. The second-order valence-electron chi connectivity index (χ2n) is 6.57. The molecule has 3 heterocycles. The lowest BCUT2D eigenvalue weighted by atomic mass is 10.1. The van der Waals surface area contributed by atoms with E-state index in [0.717, 1.165) is 38.2 Å². The molecule has 0 saturated carbocycles. The summed E-state index contributed by atoms with van der Waals surface area (Å²) >= 11 is 0. The van der Waals surface area contributed by atoms with E-state index in [1.54, 1.807) is 10.7 Å². The van der Waals surface area contributed by atoms with Crippen LogP contribution in [0.1, 0.15) is 42.7 Å². The van der Waals surface area contributed by atoms with Crippen molar-refractivity contribution in [1.82, 2.24) is 19.5 Å². The van der Waals surface area contributed by atoms with E-state index in [2.05, 4.69) is 23.9 Å². The third kappa shape index (κ3) is 3.37. The van der Waals surface area contributed by atoms with Gasteiger partial charge in [-0.2, -0.15) is 5.10 Å². The van der Waals surface area contributed by atoms with Gasteiger partial charge in [-0.05, 0) is 31.7 Å². The number of rotatable bonds is 4. The van der Waals surface area contributed by atoms with Crippen LogP contribution >= 0.6 is 0 Å². The number of nitrogens with zero attached hydrogens (tertiary/aromatic N) is 4. The Hall–Kier alpha value is -1.95. The van der Waals surface area contributed by atoms with Gasteiger partial charge in [0.2, 0.25) is 0 Å². The highest BCUT2D eigenvalue weighted by Crippen LogP contribution is 2.20. The molecule has 23 heavy (non-hydrogen) atoms. The van der Waals surface area contributed by atoms with Crippen molar-refractivity contribution in [3.8, 4) is 0 Å². The van der Waals surface area contributed by atoms with E-state index in [0.29, 0.717) is 17.1 Å². The molecular weight excluding hydrogens is 292 g/mol. The number of likely N-dealkylation sites (tertiary alicyclic amines) is 1. The Kier molecular flexibility index (Phi) is 4.61. The number of amides is 1. The molecule has 0 unspecified atom stereocenters. The smallest absolute Gasteiger partial charge is 0.259 e. The fourth-order valence-electron chi connectivity index (χ4n) is 2.96. The number of aryl methyl sites for hydroxylation is 1. The molecule has 1 aliphatic rings. The van der Waals surface area contributed by atoms with Crippen molar-refractivity contribution in [3.63, 3.8) is 0 Å². The third-order valence-electron chi connectivity index (χ3n) is 4.18.